The Hall–Kier alpha value is 1.60. The zero-order chi connectivity index (χ0) is 4.12. The summed E-state index contributed by atoms with van der Waals surface area (Å²) in [5.74, 6) is 0. The topological polar surface area (TPSA) is 0 Å². The maximum Gasteiger partial charge on any atom is 0 e. The molecule has 0 heterocycles. The third-order valence-electron chi connectivity index (χ3n) is 0.530. The molecule has 0 unspecified atom stereocenters. The summed E-state index contributed by atoms with van der Waals surface area (Å²) in [6, 6.07) is 0. The molecule has 0 bridgehead atoms. The molecule has 6 heavy (non-hydrogen) atoms. The van der Waals surface area contributed by atoms with Crippen LogP contribution >= 0.6 is 0 Å². The minimum absolute atomic E-state index is 0. The van der Waals surface area contributed by atoms with Gasteiger partial charge in [-0.1, -0.05) is 0 Å². The molecule has 0 saturated heterocycles. The second-order valence-corrected chi connectivity index (χ2v) is 2.53. The SMILES string of the molecule is CCC[CH2][Sn].[Sn]. The Bertz CT molecular complexity index is 13.0. The van der Waals surface area contributed by atoms with Gasteiger partial charge in [-0.05, 0) is 0 Å². The summed E-state index contributed by atoms with van der Waals surface area (Å²) in [5.41, 5.74) is 0. The van der Waals surface area contributed by atoms with E-state index >= 15 is 0 Å². The van der Waals surface area contributed by atoms with Crippen molar-refractivity contribution in [2.24, 2.45) is 0 Å². The van der Waals surface area contributed by atoms with Crippen molar-refractivity contribution in [3.63, 3.8) is 0 Å². The zero-order valence-electron chi connectivity index (χ0n) is 4.12. The molecule has 0 aliphatic rings. The van der Waals surface area contributed by atoms with Crippen LogP contribution in [0.5, 0.6) is 0 Å². The summed E-state index contributed by atoms with van der Waals surface area (Å²) >= 11 is 1.68. The van der Waals surface area contributed by atoms with Crippen molar-refractivity contribution >= 4 is 46.4 Å². The Morgan fingerprint density at radius 2 is 2.00 bits per heavy atom. The van der Waals surface area contributed by atoms with E-state index in [4.69, 9.17) is 0 Å². The van der Waals surface area contributed by atoms with E-state index in [1.807, 2.05) is 0 Å². The van der Waals surface area contributed by atoms with Gasteiger partial charge >= 0.3 is 46.7 Å². The van der Waals surface area contributed by atoms with Crippen LogP contribution in [0.3, 0.4) is 0 Å². The number of rotatable bonds is 2. The molecule has 0 spiro atoms. The van der Waals surface area contributed by atoms with Gasteiger partial charge in [0.2, 0.25) is 0 Å². The van der Waals surface area contributed by atoms with E-state index in [2.05, 4.69) is 6.92 Å². The van der Waals surface area contributed by atoms with Crippen molar-refractivity contribution < 1.29 is 0 Å². The summed E-state index contributed by atoms with van der Waals surface area (Å²) in [5, 5.41) is 0. The first kappa shape index (κ1) is 10.6. The third-order valence-corrected chi connectivity index (χ3v) is 1.54. The molecule has 0 aromatic heterocycles. The van der Waals surface area contributed by atoms with Crippen molar-refractivity contribution in [1.82, 2.24) is 0 Å². The number of hydrogen-bond donors (Lipinski definition) is 0. The van der Waals surface area contributed by atoms with Crippen LogP contribution in [0.25, 0.3) is 0 Å². The van der Waals surface area contributed by atoms with Crippen molar-refractivity contribution in [3.05, 3.63) is 0 Å². The van der Waals surface area contributed by atoms with Gasteiger partial charge in [0.05, 0.1) is 0 Å². The Kier molecular flexibility index (Phi) is 17.2. The molecule has 2 heteroatoms. The van der Waals surface area contributed by atoms with Crippen LogP contribution < -0.4 is 0 Å². The largest absolute Gasteiger partial charge is 0 e. The van der Waals surface area contributed by atoms with E-state index in [1.165, 1.54) is 17.3 Å². The predicted molar refractivity (Wildman–Crippen MR) is 31.2 cm³/mol. The van der Waals surface area contributed by atoms with Crippen LogP contribution in [0.2, 0.25) is 4.44 Å². The van der Waals surface area contributed by atoms with Crippen LogP contribution in [0.1, 0.15) is 19.8 Å². The fraction of sp³-hybridized carbons (Fsp3) is 1.00. The van der Waals surface area contributed by atoms with Crippen molar-refractivity contribution in [1.29, 1.82) is 0 Å². The van der Waals surface area contributed by atoms with Crippen molar-refractivity contribution in [2.75, 3.05) is 0 Å². The first-order chi connectivity index (χ1) is 2.41. The standard InChI is InChI=1S/C4H9.2Sn/c1-3-4-2;;/h1,3-4H2,2H3;;. The van der Waals surface area contributed by atoms with Gasteiger partial charge in [-0.2, -0.15) is 0 Å². The maximum absolute atomic E-state index is 2.23. The predicted octanol–water partition coefficient (Wildman–Crippen LogP) is 0.992. The molecule has 0 aliphatic carbocycles. The van der Waals surface area contributed by atoms with Crippen LogP contribution in [0.4, 0.5) is 0 Å². The molecule has 0 aliphatic heterocycles. The molecule has 0 fully saturated rings. The van der Waals surface area contributed by atoms with E-state index in [1.54, 1.807) is 22.5 Å². The molecule has 0 aromatic rings. The quantitative estimate of drug-likeness (QED) is 0.667. The van der Waals surface area contributed by atoms with E-state index in [-0.39, 0.29) is 23.9 Å². The molecule has 0 atom stereocenters. The van der Waals surface area contributed by atoms with E-state index in [9.17, 15) is 0 Å². The smallest absolute Gasteiger partial charge is 0 e. The summed E-state index contributed by atoms with van der Waals surface area (Å²) in [6.07, 6.45) is 2.80. The Morgan fingerprint density at radius 3 is 2.00 bits per heavy atom. The fourth-order valence-corrected chi connectivity index (χ4v) is 1.19. The Morgan fingerprint density at radius 1 is 1.50 bits per heavy atom. The van der Waals surface area contributed by atoms with E-state index in [0.717, 1.165) is 0 Å². The van der Waals surface area contributed by atoms with Crippen LogP contribution in [-0.4, -0.2) is 46.4 Å². The van der Waals surface area contributed by atoms with Crippen molar-refractivity contribution in [2.45, 2.75) is 24.2 Å². The minimum Gasteiger partial charge on any atom is 0 e. The monoisotopic (exact) mass is 297 g/mol. The van der Waals surface area contributed by atoms with Gasteiger partial charge in [0.1, 0.15) is 0 Å². The molecule has 0 saturated carbocycles. The summed E-state index contributed by atoms with van der Waals surface area (Å²) in [7, 11) is 0. The molecule has 0 amide bonds. The van der Waals surface area contributed by atoms with E-state index in [0.29, 0.717) is 0 Å². The molecule has 33 valence electrons. The van der Waals surface area contributed by atoms with Crippen LogP contribution in [-0.2, 0) is 0 Å². The second kappa shape index (κ2) is 9.78. The summed E-state index contributed by atoms with van der Waals surface area (Å²) in [6.45, 7) is 2.23. The number of hydrogen-bond acceptors (Lipinski definition) is 0. The Labute approximate surface area is 70.1 Å². The van der Waals surface area contributed by atoms with Crippen molar-refractivity contribution in [3.8, 4) is 0 Å². The van der Waals surface area contributed by atoms with Gasteiger partial charge in [-0.15, -0.1) is 0 Å². The van der Waals surface area contributed by atoms with Gasteiger partial charge in [0.25, 0.3) is 0 Å². The zero-order valence-corrected chi connectivity index (χ0v) is 9.83. The Balaban J connectivity index is 0. The van der Waals surface area contributed by atoms with Gasteiger partial charge in [-0.3, -0.25) is 0 Å². The number of unbranched alkanes of at least 4 members (excludes halogenated alkanes) is 1. The molecular weight excluding hydrogens is 285 g/mol. The molecule has 0 rings (SSSR count). The van der Waals surface area contributed by atoms with E-state index < -0.39 is 0 Å². The summed E-state index contributed by atoms with van der Waals surface area (Å²) < 4.78 is 1.43. The first-order valence-electron chi connectivity index (χ1n) is 2.06. The fourth-order valence-electron chi connectivity index (χ4n) is 0.177. The first-order valence-corrected chi connectivity index (χ1v) is 4.08. The molecule has 7 radical (unpaired) electrons. The minimum atomic E-state index is 0. The average Bonchev–Trinajstić information content (AvgIpc) is 1.41. The molecular formula is C4H9Sn2. The van der Waals surface area contributed by atoms with Crippen LogP contribution in [0.15, 0.2) is 0 Å². The third kappa shape index (κ3) is 9.14. The summed E-state index contributed by atoms with van der Waals surface area (Å²) in [4.78, 5) is 0. The molecule has 0 nitrogen and oxygen atoms in total. The average molecular weight is 295 g/mol. The van der Waals surface area contributed by atoms with Crippen LogP contribution in [0, 0.1) is 0 Å². The normalized spacial score (nSPS) is 7.00. The molecule has 0 N–H and O–H groups in total. The van der Waals surface area contributed by atoms with Gasteiger partial charge in [-0.25, -0.2) is 0 Å². The van der Waals surface area contributed by atoms with Gasteiger partial charge < -0.3 is 0 Å². The maximum atomic E-state index is 2.23. The van der Waals surface area contributed by atoms with Gasteiger partial charge in [0.15, 0.2) is 0 Å². The second-order valence-electron chi connectivity index (χ2n) is 1.10. The molecule has 0 aromatic carbocycles. The van der Waals surface area contributed by atoms with Gasteiger partial charge in [0, 0.05) is 23.9 Å².